The van der Waals surface area contributed by atoms with Gasteiger partial charge in [-0.3, -0.25) is 19.2 Å². The van der Waals surface area contributed by atoms with Crippen LogP contribution in [0.5, 0.6) is 0 Å². The molecule has 0 fully saturated rings. The van der Waals surface area contributed by atoms with E-state index in [0.717, 1.165) is 30.4 Å². The summed E-state index contributed by atoms with van der Waals surface area (Å²) in [5.41, 5.74) is 13.6. The maximum Gasteiger partial charge on any atom is 0.407 e. The molecule has 13 heteroatoms. The predicted molar refractivity (Wildman–Crippen MR) is 188 cm³/mol. The van der Waals surface area contributed by atoms with Crippen LogP contribution in [0.25, 0.3) is 11.1 Å². The zero-order valence-corrected chi connectivity index (χ0v) is 29.8. The molecule has 4 atom stereocenters. The number of hydrogen-bond acceptors (Lipinski definition) is 8. The van der Waals surface area contributed by atoms with Crippen LogP contribution in [0.3, 0.4) is 0 Å². The average molecular weight is 683 g/mol. The summed E-state index contributed by atoms with van der Waals surface area (Å²) in [7, 11) is 0. The van der Waals surface area contributed by atoms with Crippen LogP contribution in [0.2, 0.25) is 0 Å². The second-order valence-electron chi connectivity index (χ2n) is 13.4. The molecule has 2 rings (SSSR count). The third-order valence-electron chi connectivity index (χ3n) is 7.32. The van der Waals surface area contributed by atoms with Crippen LogP contribution in [0, 0.1) is 5.92 Å². The zero-order chi connectivity index (χ0) is 36.7. The molecule has 0 heterocycles. The van der Waals surface area contributed by atoms with Gasteiger partial charge in [0, 0.05) is 18.7 Å². The third-order valence-corrected chi connectivity index (χ3v) is 7.32. The maximum atomic E-state index is 13.7. The number of carbonyl (C=O) groups excluding carboxylic acids is 5. The van der Waals surface area contributed by atoms with Gasteiger partial charge in [-0.05, 0) is 81.7 Å². The highest BCUT2D eigenvalue weighted by Crippen LogP contribution is 2.21. The van der Waals surface area contributed by atoms with Crippen molar-refractivity contribution in [1.29, 1.82) is 0 Å². The van der Waals surface area contributed by atoms with Gasteiger partial charge in [0.05, 0.1) is 6.10 Å². The number of alkyl carbamates (subject to hydrolysis) is 1. The third kappa shape index (κ3) is 14.7. The van der Waals surface area contributed by atoms with E-state index in [0.29, 0.717) is 5.56 Å². The molecule has 0 unspecified atom stereocenters. The van der Waals surface area contributed by atoms with Gasteiger partial charge in [0.2, 0.25) is 11.8 Å². The number of primary amides is 1. The molecule has 49 heavy (non-hydrogen) atoms. The Morgan fingerprint density at radius 1 is 0.837 bits per heavy atom. The van der Waals surface area contributed by atoms with E-state index in [1.807, 2.05) is 38.1 Å². The number of ether oxygens (including phenoxy) is 2. The van der Waals surface area contributed by atoms with E-state index in [4.69, 9.17) is 20.9 Å². The Morgan fingerprint density at radius 3 is 1.96 bits per heavy atom. The minimum absolute atomic E-state index is 0.0384. The van der Waals surface area contributed by atoms with Gasteiger partial charge in [0.1, 0.15) is 17.7 Å². The summed E-state index contributed by atoms with van der Waals surface area (Å²) < 4.78 is 11.1. The highest BCUT2D eigenvalue weighted by molar-refractivity contribution is 5.99. The lowest BCUT2D eigenvalue weighted by Gasteiger charge is -2.28. The van der Waals surface area contributed by atoms with Gasteiger partial charge in [-0.2, -0.15) is 0 Å². The van der Waals surface area contributed by atoms with E-state index in [-0.39, 0.29) is 25.5 Å². The fourth-order valence-electron chi connectivity index (χ4n) is 4.61. The second-order valence-corrected chi connectivity index (χ2v) is 13.4. The van der Waals surface area contributed by atoms with Crippen LogP contribution in [0.1, 0.15) is 83.7 Å². The number of rotatable bonds is 18. The molecule has 0 aliphatic rings. The van der Waals surface area contributed by atoms with Gasteiger partial charge in [0.15, 0.2) is 6.17 Å². The van der Waals surface area contributed by atoms with Crippen molar-refractivity contribution in [2.75, 3.05) is 13.2 Å². The molecule has 0 aromatic heterocycles. The van der Waals surface area contributed by atoms with Gasteiger partial charge in [-0.15, -0.1) is 0 Å². The van der Waals surface area contributed by atoms with E-state index in [1.54, 1.807) is 39.8 Å². The molecule has 0 spiro atoms. The summed E-state index contributed by atoms with van der Waals surface area (Å²) in [6, 6.07) is 12.8. The van der Waals surface area contributed by atoms with Crippen molar-refractivity contribution >= 4 is 29.7 Å². The first-order chi connectivity index (χ1) is 23.0. The minimum atomic E-state index is -1.50. The Labute approximate surface area is 289 Å². The van der Waals surface area contributed by atoms with E-state index in [9.17, 15) is 24.0 Å². The predicted octanol–water partition coefficient (Wildman–Crippen LogP) is 3.14. The molecule has 0 radical (unpaired) electrons. The molecule has 0 aliphatic carbocycles. The summed E-state index contributed by atoms with van der Waals surface area (Å²) in [6.07, 6.45) is 0.184. The van der Waals surface area contributed by atoms with Gasteiger partial charge >= 0.3 is 6.09 Å². The number of aryl methyl sites for hydroxylation is 1. The van der Waals surface area contributed by atoms with Crippen LogP contribution >= 0.6 is 0 Å². The number of nitrogens with two attached hydrogens (primary N) is 2. The van der Waals surface area contributed by atoms with E-state index >= 15 is 0 Å². The van der Waals surface area contributed by atoms with E-state index < -0.39 is 59.7 Å². The summed E-state index contributed by atoms with van der Waals surface area (Å²) in [5.74, 6) is -2.92. The molecular formula is C36H54N6O7. The molecule has 2 aromatic carbocycles. The Hall–Kier alpha value is -4.49. The highest BCUT2D eigenvalue weighted by atomic mass is 16.6. The number of carbonyl (C=O) groups is 5. The van der Waals surface area contributed by atoms with Crippen molar-refractivity contribution in [3.05, 3.63) is 59.7 Å². The Morgan fingerprint density at radius 2 is 1.43 bits per heavy atom. The standard InChI is InChI=1S/C36H54N6O7/c1-8-9-10-24-11-13-25(14-12-24)26-15-17-27(18-16-26)32(44)40-28(19-20-39-35(47)49-36(5,6)7)33(45)41-29(23(4)48-21-22(2)3)34(46)42-30(37)31(38)43/h11-18,22-23,28-30H,8-10,19-21,37H2,1-7H3,(H2,38,43)(H,39,47)(H,40,44)(H,41,45)(H,42,46)/t23-,28+,29+,30-/m1/s1. The highest BCUT2D eigenvalue weighted by Gasteiger charge is 2.33. The fourth-order valence-corrected chi connectivity index (χ4v) is 4.61. The first-order valence-electron chi connectivity index (χ1n) is 16.7. The average Bonchev–Trinajstić information content (AvgIpc) is 3.03. The van der Waals surface area contributed by atoms with Crippen molar-refractivity contribution in [3.8, 4) is 11.1 Å². The first kappa shape index (κ1) is 40.7. The van der Waals surface area contributed by atoms with Crippen molar-refractivity contribution in [2.45, 2.75) is 104 Å². The lowest BCUT2D eigenvalue weighted by atomic mass is 10.0. The quantitative estimate of drug-likeness (QED) is 0.129. The summed E-state index contributed by atoms with van der Waals surface area (Å²) in [6.45, 7) is 13.0. The lowest BCUT2D eigenvalue weighted by Crippen LogP contribution is -2.61. The maximum absolute atomic E-state index is 13.7. The topological polar surface area (TPSA) is 204 Å². The van der Waals surface area contributed by atoms with Gasteiger partial charge in [-0.1, -0.05) is 63.6 Å². The van der Waals surface area contributed by atoms with Gasteiger partial charge in [-0.25, -0.2) is 4.79 Å². The van der Waals surface area contributed by atoms with Crippen LogP contribution in [-0.4, -0.2) is 72.8 Å². The van der Waals surface area contributed by atoms with Crippen molar-refractivity contribution in [3.63, 3.8) is 0 Å². The smallest absolute Gasteiger partial charge is 0.407 e. The van der Waals surface area contributed by atoms with Gasteiger partial charge < -0.3 is 42.2 Å². The largest absolute Gasteiger partial charge is 0.444 e. The summed E-state index contributed by atoms with van der Waals surface area (Å²) >= 11 is 0. The number of hydrogen-bond donors (Lipinski definition) is 6. The molecule has 0 saturated heterocycles. The molecule has 0 saturated carbocycles. The SMILES string of the molecule is CCCCc1ccc(-c2ccc(C(=O)N[C@@H](CCNC(=O)OC(C)(C)C)C(=O)N[C@H](C(=O)N[C@@H](N)C(N)=O)[C@@H](C)OCC(C)C)cc2)cc1. The van der Waals surface area contributed by atoms with Crippen LogP contribution < -0.4 is 32.7 Å². The number of unbranched alkanes of at least 4 members (excludes halogenated alkanes) is 1. The molecule has 270 valence electrons. The Kier molecular flexibility index (Phi) is 16.2. The molecule has 0 aliphatic heterocycles. The van der Waals surface area contributed by atoms with Crippen LogP contribution in [0.15, 0.2) is 48.5 Å². The van der Waals surface area contributed by atoms with Crippen LogP contribution in [0.4, 0.5) is 4.79 Å². The monoisotopic (exact) mass is 682 g/mol. The molecule has 0 bridgehead atoms. The number of nitrogens with one attached hydrogen (secondary N) is 4. The zero-order valence-electron chi connectivity index (χ0n) is 29.8. The number of benzene rings is 2. The van der Waals surface area contributed by atoms with E-state index in [1.165, 1.54) is 5.56 Å². The molecule has 5 amide bonds. The number of amides is 5. The molecular weight excluding hydrogens is 628 g/mol. The minimum Gasteiger partial charge on any atom is -0.444 e. The molecule has 2 aromatic rings. The first-order valence-corrected chi connectivity index (χ1v) is 16.7. The van der Waals surface area contributed by atoms with Gasteiger partial charge in [0.25, 0.3) is 11.8 Å². The summed E-state index contributed by atoms with van der Waals surface area (Å²) in [5, 5.41) is 10.2. The fraction of sp³-hybridized carbons (Fsp3) is 0.528. The van der Waals surface area contributed by atoms with Crippen LogP contribution in [-0.2, 0) is 30.3 Å². The van der Waals surface area contributed by atoms with E-state index in [2.05, 4.69) is 40.3 Å². The molecule has 8 N–H and O–H groups in total. The second kappa shape index (κ2) is 19.5. The van der Waals surface area contributed by atoms with Crippen molar-refractivity contribution in [2.24, 2.45) is 17.4 Å². The Balaban J connectivity index is 2.27. The van der Waals surface area contributed by atoms with Crippen molar-refractivity contribution < 1.29 is 33.4 Å². The normalized spacial score (nSPS) is 13.8. The Bertz CT molecular complexity index is 1390. The lowest BCUT2D eigenvalue weighted by molar-refractivity contribution is -0.135. The molecule has 13 nitrogen and oxygen atoms in total. The summed E-state index contributed by atoms with van der Waals surface area (Å²) in [4.78, 5) is 64.0. The van der Waals surface area contributed by atoms with Crippen molar-refractivity contribution in [1.82, 2.24) is 21.3 Å².